The summed E-state index contributed by atoms with van der Waals surface area (Å²) in [6.07, 6.45) is -3.50. The maximum Gasteiger partial charge on any atom is 0.423 e. The van der Waals surface area contributed by atoms with Gasteiger partial charge in [-0.1, -0.05) is 28.9 Å². The van der Waals surface area contributed by atoms with Crippen molar-refractivity contribution < 1.29 is 27.7 Å². The zero-order valence-corrected chi connectivity index (χ0v) is 16.4. The quantitative estimate of drug-likeness (QED) is 0.190. The van der Waals surface area contributed by atoms with Gasteiger partial charge in [0, 0.05) is 23.2 Å². The number of oxime groups is 1. The van der Waals surface area contributed by atoms with Crippen LogP contribution < -0.4 is 5.32 Å². The normalized spacial score (nSPS) is 13.1. The lowest BCUT2D eigenvalue weighted by molar-refractivity contribution is -0.388. The molecule has 7 nitrogen and oxygen atoms in total. The number of benzene rings is 2. The van der Waals surface area contributed by atoms with Crippen molar-refractivity contribution in [3.8, 4) is 0 Å². The molecular formula is C20H15ClF3N3O4. The van der Waals surface area contributed by atoms with Gasteiger partial charge in [-0.2, -0.15) is 13.2 Å². The fourth-order valence-corrected chi connectivity index (χ4v) is 3.10. The zero-order valence-electron chi connectivity index (χ0n) is 15.6. The molecule has 2 N–H and O–H groups in total. The van der Waals surface area contributed by atoms with Gasteiger partial charge in [0.15, 0.2) is 0 Å². The second kappa shape index (κ2) is 9.09. The second-order valence-corrected chi connectivity index (χ2v) is 6.89. The van der Waals surface area contributed by atoms with Crippen LogP contribution in [0.25, 0.3) is 0 Å². The van der Waals surface area contributed by atoms with Crippen LogP contribution in [0.5, 0.6) is 0 Å². The van der Waals surface area contributed by atoms with E-state index in [0.717, 1.165) is 6.07 Å². The molecule has 11 heteroatoms. The van der Waals surface area contributed by atoms with Gasteiger partial charge in [-0.25, -0.2) is 0 Å². The van der Waals surface area contributed by atoms with Crippen LogP contribution in [0.1, 0.15) is 29.3 Å². The molecule has 0 aliphatic heterocycles. The third-order valence-corrected chi connectivity index (χ3v) is 4.67. The van der Waals surface area contributed by atoms with Crippen molar-refractivity contribution in [2.24, 2.45) is 5.16 Å². The predicted octanol–water partition coefficient (Wildman–Crippen LogP) is 6.28. The number of alkyl halides is 3. The third kappa shape index (κ3) is 5.34. The van der Waals surface area contributed by atoms with Gasteiger partial charge < -0.3 is 14.9 Å². The molecule has 0 fully saturated rings. The standard InChI is InChI=1S/C20H15ClF3N3O4/c21-13-5-3-12(4-6-13)16(26-28)11-17(19-2-1-9-31-19)25-14-7-8-18(27(29)30)15(10-14)20(22,23)24/h1-10,17,25,28H,11H2/b26-16-. The maximum absolute atomic E-state index is 13.3. The van der Waals surface area contributed by atoms with Crippen LogP contribution in [0.15, 0.2) is 70.4 Å². The van der Waals surface area contributed by atoms with E-state index < -0.39 is 28.4 Å². The molecule has 0 aliphatic carbocycles. The van der Waals surface area contributed by atoms with E-state index in [4.69, 9.17) is 16.0 Å². The lowest BCUT2D eigenvalue weighted by atomic mass is 10.0. The minimum Gasteiger partial charge on any atom is -0.467 e. The van der Waals surface area contributed by atoms with Gasteiger partial charge in [0.1, 0.15) is 11.3 Å². The van der Waals surface area contributed by atoms with E-state index in [0.29, 0.717) is 22.4 Å². The summed E-state index contributed by atoms with van der Waals surface area (Å²) >= 11 is 5.87. The first-order valence-corrected chi connectivity index (χ1v) is 9.19. The van der Waals surface area contributed by atoms with E-state index in [9.17, 15) is 28.5 Å². The van der Waals surface area contributed by atoms with Gasteiger partial charge in [0.25, 0.3) is 5.69 Å². The van der Waals surface area contributed by atoms with Crippen LogP contribution in [-0.2, 0) is 6.18 Å². The number of hydrogen-bond acceptors (Lipinski definition) is 6. The molecule has 0 amide bonds. The molecule has 0 bridgehead atoms. The van der Waals surface area contributed by atoms with Crippen LogP contribution in [0.4, 0.5) is 24.5 Å². The van der Waals surface area contributed by atoms with Crippen LogP contribution in [0.2, 0.25) is 5.02 Å². The van der Waals surface area contributed by atoms with Crippen molar-refractivity contribution in [3.63, 3.8) is 0 Å². The van der Waals surface area contributed by atoms with Gasteiger partial charge in [0.2, 0.25) is 0 Å². The SMILES string of the molecule is O=[N+]([O-])c1ccc(NC(C/C(=N/O)c2ccc(Cl)cc2)c2ccco2)cc1C(F)(F)F. The molecule has 2 aromatic carbocycles. The van der Waals surface area contributed by atoms with Gasteiger partial charge in [-0.3, -0.25) is 10.1 Å². The summed E-state index contributed by atoms with van der Waals surface area (Å²) < 4.78 is 45.3. The van der Waals surface area contributed by atoms with E-state index in [2.05, 4.69) is 10.5 Å². The molecule has 1 aromatic heterocycles. The first-order valence-electron chi connectivity index (χ1n) is 8.81. The van der Waals surface area contributed by atoms with Crippen LogP contribution >= 0.6 is 11.6 Å². The predicted molar refractivity (Wildman–Crippen MR) is 108 cm³/mol. The average Bonchev–Trinajstić information content (AvgIpc) is 3.26. The first-order chi connectivity index (χ1) is 14.7. The number of anilines is 1. The van der Waals surface area contributed by atoms with Crippen molar-refractivity contribution in [2.75, 3.05) is 5.32 Å². The van der Waals surface area contributed by atoms with Crippen molar-refractivity contribution in [1.29, 1.82) is 0 Å². The summed E-state index contributed by atoms with van der Waals surface area (Å²) in [5, 5.41) is 27.1. The highest BCUT2D eigenvalue weighted by atomic mass is 35.5. The number of nitro benzene ring substituents is 1. The Hall–Kier alpha value is -3.53. The zero-order chi connectivity index (χ0) is 22.6. The van der Waals surface area contributed by atoms with Crippen molar-refractivity contribution in [2.45, 2.75) is 18.6 Å². The summed E-state index contributed by atoms with van der Waals surface area (Å²) in [4.78, 5) is 9.88. The smallest absolute Gasteiger partial charge is 0.423 e. The van der Waals surface area contributed by atoms with E-state index in [1.54, 1.807) is 36.4 Å². The number of rotatable bonds is 7. The lowest BCUT2D eigenvalue weighted by Crippen LogP contribution is -2.17. The van der Waals surface area contributed by atoms with Crippen molar-refractivity contribution in [1.82, 2.24) is 0 Å². The minimum absolute atomic E-state index is 0.0206. The Kier molecular flexibility index (Phi) is 6.50. The Labute approximate surface area is 178 Å². The summed E-state index contributed by atoms with van der Waals surface area (Å²) in [6.45, 7) is 0. The number of nitrogens with one attached hydrogen (secondary N) is 1. The molecular weight excluding hydrogens is 439 g/mol. The molecule has 1 atom stereocenters. The Balaban J connectivity index is 1.94. The highest BCUT2D eigenvalue weighted by Gasteiger charge is 2.38. The summed E-state index contributed by atoms with van der Waals surface area (Å²) in [6, 6.07) is 11.5. The van der Waals surface area contributed by atoms with E-state index in [1.807, 2.05) is 0 Å². The van der Waals surface area contributed by atoms with E-state index >= 15 is 0 Å². The first kappa shape index (κ1) is 22.2. The number of furan rings is 1. The molecule has 0 aliphatic rings. The molecule has 0 radical (unpaired) electrons. The highest BCUT2D eigenvalue weighted by molar-refractivity contribution is 6.30. The fraction of sp³-hybridized carbons (Fsp3) is 0.150. The molecule has 1 heterocycles. The number of nitrogens with zero attached hydrogens (tertiary/aromatic N) is 2. The number of hydrogen-bond donors (Lipinski definition) is 2. The molecule has 3 aromatic rings. The monoisotopic (exact) mass is 453 g/mol. The lowest BCUT2D eigenvalue weighted by Gasteiger charge is -2.19. The van der Waals surface area contributed by atoms with Gasteiger partial charge in [-0.05, 0) is 42.0 Å². The molecule has 0 saturated carbocycles. The van der Waals surface area contributed by atoms with Crippen LogP contribution in [-0.4, -0.2) is 15.8 Å². The Morgan fingerprint density at radius 2 is 1.94 bits per heavy atom. The van der Waals surface area contributed by atoms with Gasteiger partial charge in [-0.15, -0.1) is 0 Å². The molecule has 0 saturated heterocycles. The van der Waals surface area contributed by atoms with Gasteiger partial charge in [0.05, 0.1) is 22.9 Å². The van der Waals surface area contributed by atoms with E-state index in [-0.39, 0.29) is 17.8 Å². The average molecular weight is 454 g/mol. The fourth-order valence-electron chi connectivity index (χ4n) is 2.98. The maximum atomic E-state index is 13.3. The van der Waals surface area contributed by atoms with Crippen LogP contribution in [0.3, 0.4) is 0 Å². The summed E-state index contributed by atoms with van der Waals surface area (Å²) in [7, 11) is 0. The molecule has 0 spiro atoms. The number of halogens is 4. The Bertz CT molecular complexity index is 1080. The molecule has 1 unspecified atom stereocenters. The molecule has 162 valence electrons. The van der Waals surface area contributed by atoms with Gasteiger partial charge >= 0.3 is 6.18 Å². The third-order valence-electron chi connectivity index (χ3n) is 4.42. The van der Waals surface area contributed by atoms with E-state index in [1.165, 1.54) is 12.3 Å². The topological polar surface area (TPSA) is 101 Å². The summed E-state index contributed by atoms with van der Waals surface area (Å²) in [5.41, 5.74) is -1.68. The summed E-state index contributed by atoms with van der Waals surface area (Å²) in [5.74, 6) is 0.363. The largest absolute Gasteiger partial charge is 0.467 e. The Morgan fingerprint density at radius 3 is 2.48 bits per heavy atom. The Morgan fingerprint density at radius 1 is 1.23 bits per heavy atom. The van der Waals surface area contributed by atoms with Crippen LogP contribution in [0, 0.1) is 10.1 Å². The second-order valence-electron chi connectivity index (χ2n) is 6.46. The molecule has 31 heavy (non-hydrogen) atoms. The number of nitro groups is 1. The van der Waals surface area contributed by atoms with Crippen molar-refractivity contribution >= 4 is 28.7 Å². The minimum atomic E-state index is -4.92. The molecule has 3 rings (SSSR count). The highest BCUT2D eigenvalue weighted by Crippen LogP contribution is 2.38. The van der Waals surface area contributed by atoms with Crippen molar-refractivity contribution in [3.05, 3.63) is 92.9 Å².